The topological polar surface area (TPSA) is 33.3 Å². The summed E-state index contributed by atoms with van der Waals surface area (Å²) in [6.45, 7) is 5.93. The van der Waals surface area contributed by atoms with Crippen LogP contribution in [-0.2, 0) is 12.6 Å². The van der Waals surface area contributed by atoms with Crippen molar-refractivity contribution >= 4 is 46.7 Å². The van der Waals surface area contributed by atoms with Crippen LogP contribution in [-0.4, -0.2) is 17.4 Å². The Bertz CT molecular complexity index is 805. The number of benzene rings is 1. The van der Waals surface area contributed by atoms with Gasteiger partial charge in [0.1, 0.15) is 0 Å². The summed E-state index contributed by atoms with van der Waals surface area (Å²) in [4.78, 5) is 17.3. The highest BCUT2D eigenvalue weighted by Crippen LogP contribution is 2.24. The number of ketones is 1. The van der Waals surface area contributed by atoms with Crippen molar-refractivity contribution < 1.29 is 9.36 Å². The van der Waals surface area contributed by atoms with Gasteiger partial charge in [0.15, 0.2) is 12.4 Å². The Kier molecular flexibility index (Phi) is 6.49. The van der Waals surface area contributed by atoms with Crippen LogP contribution < -0.4 is 4.57 Å². The second-order valence-corrected chi connectivity index (χ2v) is 6.42. The molecule has 2 aromatic rings. The van der Waals surface area contributed by atoms with Crippen LogP contribution in [0.3, 0.4) is 0 Å². The van der Waals surface area contributed by atoms with Crippen molar-refractivity contribution in [2.75, 3.05) is 6.54 Å². The van der Waals surface area contributed by atoms with Crippen LogP contribution in [0.1, 0.15) is 22.0 Å². The van der Waals surface area contributed by atoms with Crippen molar-refractivity contribution in [1.29, 1.82) is 0 Å². The van der Waals surface area contributed by atoms with E-state index in [0.717, 1.165) is 5.56 Å². The fourth-order valence-corrected chi connectivity index (χ4v) is 2.80. The zero-order valence-electron chi connectivity index (χ0n) is 13.1. The standard InChI is InChI=1S/C18H16Cl2N2OS/c1-3-8-21-18(24)16(22-9-4-5-12(2)11-22)17(23)13-6-7-14(19)15(20)10-13/h3-7,9-11,16H,1,8H2,2H3/t16-/m1/s1. The van der Waals surface area contributed by atoms with Gasteiger partial charge in [-0.3, -0.25) is 4.79 Å². The van der Waals surface area contributed by atoms with Crippen molar-refractivity contribution in [2.24, 2.45) is 4.99 Å². The van der Waals surface area contributed by atoms with Crippen LogP contribution in [0.15, 0.2) is 60.4 Å². The maximum Gasteiger partial charge on any atom is 0.237 e. The monoisotopic (exact) mass is 378 g/mol. The van der Waals surface area contributed by atoms with E-state index in [0.29, 0.717) is 27.2 Å². The molecule has 124 valence electrons. The van der Waals surface area contributed by atoms with E-state index in [4.69, 9.17) is 35.8 Å². The number of hydrogen-bond donors (Lipinski definition) is 0. The molecule has 0 fully saturated rings. The molecule has 1 aromatic carbocycles. The van der Waals surface area contributed by atoms with Gasteiger partial charge in [-0.25, -0.2) is 0 Å². The average Bonchev–Trinajstić information content (AvgIpc) is 2.55. The largest absolute Gasteiger partial charge is 0.758 e. The van der Waals surface area contributed by atoms with Crippen molar-refractivity contribution in [2.45, 2.75) is 13.0 Å². The summed E-state index contributed by atoms with van der Waals surface area (Å²) in [6, 6.07) is 7.86. The number of Topliss-reactive ketones (excluding diaryl/α,β-unsaturated/α-hetero) is 1. The minimum atomic E-state index is -0.725. The second kappa shape index (κ2) is 8.38. The molecule has 1 aromatic heterocycles. The zero-order valence-corrected chi connectivity index (χ0v) is 15.4. The lowest BCUT2D eigenvalue weighted by molar-refractivity contribution is -0.692. The summed E-state index contributed by atoms with van der Waals surface area (Å²) in [6.07, 6.45) is 5.28. The van der Waals surface area contributed by atoms with Gasteiger partial charge in [-0.1, -0.05) is 29.3 Å². The second-order valence-electron chi connectivity index (χ2n) is 5.19. The molecule has 0 saturated carbocycles. The summed E-state index contributed by atoms with van der Waals surface area (Å²) >= 11 is 17.4. The van der Waals surface area contributed by atoms with Crippen LogP contribution in [0, 0.1) is 6.92 Å². The van der Waals surface area contributed by atoms with Gasteiger partial charge in [-0.05, 0) is 36.2 Å². The molecule has 0 amide bonds. The van der Waals surface area contributed by atoms with Crippen molar-refractivity contribution in [1.82, 2.24) is 0 Å². The van der Waals surface area contributed by atoms with Crippen molar-refractivity contribution in [3.8, 4) is 0 Å². The molecule has 3 nitrogen and oxygen atoms in total. The Morgan fingerprint density at radius 3 is 2.75 bits per heavy atom. The Morgan fingerprint density at radius 1 is 1.38 bits per heavy atom. The molecule has 2 rings (SSSR count). The van der Waals surface area contributed by atoms with Crippen LogP contribution in [0.5, 0.6) is 0 Å². The fourth-order valence-electron chi connectivity index (χ4n) is 2.20. The van der Waals surface area contributed by atoms with E-state index >= 15 is 0 Å². The molecule has 0 saturated heterocycles. The fraction of sp³-hybridized carbons (Fsp3) is 0.167. The SMILES string of the molecule is C=CCN=C([S-])[C@@H](C(=O)c1ccc(Cl)c(Cl)c1)[n+]1cccc(C)c1. The van der Waals surface area contributed by atoms with Gasteiger partial charge in [0, 0.05) is 17.2 Å². The average molecular weight is 379 g/mol. The third kappa shape index (κ3) is 4.41. The van der Waals surface area contributed by atoms with Crippen LogP contribution >= 0.6 is 23.2 Å². The number of carbonyl (C=O) groups is 1. The molecule has 0 unspecified atom stereocenters. The molecule has 0 bridgehead atoms. The molecular formula is C18H16Cl2N2OS. The maximum atomic E-state index is 13.0. The number of halogens is 2. The molecule has 0 aliphatic heterocycles. The summed E-state index contributed by atoms with van der Waals surface area (Å²) < 4.78 is 1.76. The van der Waals surface area contributed by atoms with Gasteiger partial charge in [-0.2, -0.15) is 4.57 Å². The van der Waals surface area contributed by atoms with E-state index < -0.39 is 6.04 Å². The molecular weight excluding hydrogens is 363 g/mol. The Hall–Kier alpha value is -1.75. The smallest absolute Gasteiger partial charge is 0.237 e. The first-order valence-electron chi connectivity index (χ1n) is 7.23. The summed E-state index contributed by atoms with van der Waals surface area (Å²) in [5.74, 6) is -0.193. The third-order valence-electron chi connectivity index (χ3n) is 3.33. The highest BCUT2D eigenvalue weighted by Gasteiger charge is 2.28. The molecule has 0 radical (unpaired) electrons. The van der Waals surface area contributed by atoms with E-state index in [-0.39, 0.29) is 5.78 Å². The first-order chi connectivity index (χ1) is 11.4. The van der Waals surface area contributed by atoms with Crippen LogP contribution in [0.2, 0.25) is 10.0 Å². The van der Waals surface area contributed by atoms with E-state index in [1.54, 1.807) is 35.0 Å². The third-order valence-corrected chi connectivity index (χ3v) is 4.42. The molecule has 0 spiro atoms. The Labute approximate surface area is 157 Å². The minimum Gasteiger partial charge on any atom is -0.758 e. The van der Waals surface area contributed by atoms with Gasteiger partial charge < -0.3 is 17.6 Å². The zero-order chi connectivity index (χ0) is 17.7. The lowest BCUT2D eigenvalue weighted by Gasteiger charge is -2.19. The number of aromatic nitrogens is 1. The quantitative estimate of drug-likeness (QED) is 0.189. The van der Waals surface area contributed by atoms with Gasteiger partial charge >= 0.3 is 0 Å². The number of carbonyl (C=O) groups excluding carboxylic acids is 1. The van der Waals surface area contributed by atoms with Gasteiger partial charge in [0.25, 0.3) is 0 Å². The number of hydrogen-bond acceptors (Lipinski definition) is 3. The number of aliphatic imine (C=N–C) groups is 1. The molecule has 24 heavy (non-hydrogen) atoms. The molecule has 6 heteroatoms. The molecule has 0 N–H and O–H groups in total. The normalized spacial score (nSPS) is 12.7. The van der Waals surface area contributed by atoms with E-state index in [1.807, 2.05) is 25.3 Å². The van der Waals surface area contributed by atoms with Gasteiger partial charge in [0.2, 0.25) is 11.8 Å². The van der Waals surface area contributed by atoms with Crippen molar-refractivity contribution in [3.05, 3.63) is 76.6 Å². The predicted octanol–water partition coefficient (Wildman–Crippen LogP) is 4.14. The van der Waals surface area contributed by atoms with E-state index in [1.165, 1.54) is 0 Å². The molecule has 0 aliphatic rings. The summed E-state index contributed by atoms with van der Waals surface area (Å²) in [5, 5.41) is 1.01. The Balaban J connectivity index is 2.50. The summed E-state index contributed by atoms with van der Waals surface area (Å²) in [5.41, 5.74) is 1.44. The van der Waals surface area contributed by atoms with Gasteiger partial charge in [0.05, 0.1) is 16.6 Å². The van der Waals surface area contributed by atoms with Crippen LogP contribution in [0.4, 0.5) is 0 Å². The number of aryl methyl sites for hydroxylation is 1. The first-order valence-corrected chi connectivity index (χ1v) is 8.39. The van der Waals surface area contributed by atoms with E-state index in [2.05, 4.69) is 11.6 Å². The number of rotatable bonds is 6. The first kappa shape index (κ1) is 18.6. The molecule has 1 atom stereocenters. The predicted molar refractivity (Wildman–Crippen MR) is 101 cm³/mol. The maximum absolute atomic E-state index is 13.0. The highest BCUT2D eigenvalue weighted by molar-refractivity contribution is 7.77. The lowest BCUT2D eigenvalue weighted by Crippen LogP contribution is -2.48. The number of pyridine rings is 1. The van der Waals surface area contributed by atoms with Crippen molar-refractivity contribution in [3.63, 3.8) is 0 Å². The Morgan fingerprint density at radius 2 is 2.12 bits per heavy atom. The van der Waals surface area contributed by atoms with Gasteiger partial charge in [-0.15, -0.1) is 6.58 Å². The lowest BCUT2D eigenvalue weighted by atomic mass is 10.0. The summed E-state index contributed by atoms with van der Waals surface area (Å²) in [7, 11) is 0. The highest BCUT2D eigenvalue weighted by atomic mass is 35.5. The van der Waals surface area contributed by atoms with Crippen LogP contribution in [0.25, 0.3) is 0 Å². The molecule has 1 heterocycles. The minimum absolute atomic E-state index is 0.193. The van der Waals surface area contributed by atoms with E-state index in [9.17, 15) is 4.79 Å². The number of nitrogens with zero attached hydrogens (tertiary/aromatic N) is 2. The molecule has 0 aliphatic carbocycles.